The first-order valence-corrected chi connectivity index (χ1v) is 8.10. The van der Waals surface area contributed by atoms with E-state index in [1.807, 2.05) is 37.3 Å². The molecule has 0 spiro atoms. The number of aryl methyl sites for hydroxylation is 1. The Hall–Kier alpha value is -2.27. The molecule has 1 N–H and O–H groups in total. The molecule has 0 aliphatic heterocycles. The Balaban J connectivity index is 1.85. The minimum atomic E-state index is -0.859. The van der Waals surface area contributed by atoms with Crippen LogP contribution in [0, 0.1) is 18.6 Å². The van der Waals surface area contributed by atoms with Gasteiger partial charge in [0.05, 0.1) is 11.7 Å². The van der Waals surface area contributed by atoms with Gasteiger partial charge in [0.15, 0.2) is 16.8 Å². The number of rotatable bonds is 4. The normalized spacial score (nSPS) is 12.2. The molecule has 23 heavy (non-hydrogen) atoms. The van der Waals surface area contributed by atoms with Gasteiger partial charge < -0.3 is 5.32 Å². The van der Waals surface area contributed by atoms with Crippen LogP contribution in [0.25, 0.3) is 11.3 Å². The largest absolute Gasteiger partial charge is 0.355 e. The molecule has 1 heterocycles. The fourth-order valence-electron chi connectivity index (χ4n) is 2.38. The second-order valence-corrected chi connectivity index (χ2v) is 6.53. The second-order valence-electron chi connectivity index (χ2n) is 5.33. The highest BCUT2D eigenvalue weighted by Gasteiger charge is 2.14. The summed E-state index contributed by atoms with van der Waals surface area (Å²) in [5.74, 6) is -1.71. The van der Waals surface area contributed by atoms with E-state index >= 15 is 0 Å². The number of benzene rings is 2. The molecule has 0 radical (unpaired) electrons. The van der Waals surface area contributed by atoms with Gasteiger partial charge in [-0.15, -0.1) is 11.3 Å². The molecule has 1 atom stereocenters. The number of hydrogen-bond donors (Lipinski definition) is 1. The Morgan fingerprint density at radius 3 is 2.48 bits per heavy atom. The Morgan fingerprint density at radius 2 is 1.78 bits per heavy atom. The van der Waals surface area contributed by atoms with Crippen molar-refractivity contribution in [2.45, 2.75) is 19.9 Å². The van der Waals surface area contributed by atoms with E-state index in [9.17, 15) is 8.78 Å². The molecule has 0 saturated heterocycles. The summed E-state index contributed by atoms with van der Waals surface area (Å²) in [6.45, 7) is 3.98. The summed E-state index contributed by atoms with van der Waals surface area (Å²) < 4.78 is 26.5. The number of hydrogen-bond acceptors (Lipinski definition) is 3. The van der Waals surface area contributed by atoms with E-state index in [2.05, 4.69) is 17.2 Å². The smallest absolute Gasteiger partial charge is 0.183 e. The number of nitrogens with one attached hydrogen (secondary N) is 1. The third-order valence-corrected chi connectivity index (χ3v) is 4.53. The first-order valence-electron chi connectivity index (χ1n) is 7.29. The van der Waals surface area contributed by atoms with Gasteiger partial charge in [0.25, 0.3) is 0 Å². The monoisotopic (exact) mass is 330 g/mol. The number of nitrogens with zero attached hydrogens (tertiary/aromatic N) is 1. The van der Waals surface area contributed by atoms with Crippen LogP contribution in [0.3, 0.4) is 0 Å². The number of halogens is 2. The van der Waals surface area contributed by atoms with Crippen LogP contribution in [0.15, 0.2) is 48.5 Å². The zero-order chi connectivity index (χ0) is 16.4. The minimum Gasteiger partial charge on any atom is -0.355 e. The summed E-state index contributed by atoms with van der Waals surface area (Å²) >= 11 is 1.50. The van der Waals surface area contributed by atoms with Gasteiger partial charge in [-0.05, 0) is 37.6 Å². The van der Waals surface area contributed by atoms with Crippen LogP contribution in [-0.4, -0.2) is 4.98 Å². The van der Waals surface area contributed by atoms with Crippen LogP contribution in [-0.2, 0) is 0 Å². The van der Waals surface area contributed by atoms with Gasteiger partial charge in [-0.3, -0.25) is 0 Å². The average molecular weight is 330 g/mol. The van der Waals surface area contributed by atoms with E-state index in [0.29, 0.717) is 11.3 Å². The highest BCUT2D eigenvalue weighted by Crippen LogP contribution is 2.32. The lowest BCUT2D eigenvalue weighted by atomic mass is 10.1. The van der Waals surface area contributed by atoms with Gasteiger partial charge >= 0.3 is 0 Å². The van der Waals surface area contributed by atoms with Crippen LogP contribution in [0.4, 0.5) is 13.9 Å². The lowest BCUT2D eigenvalue weighted by Crippen LogP contribution is -2.05. The van der Waals surface area contributed by atoms with Crippen LogP contribution in [0.2, 0.25) is 0 Å². The van der Waals surface area contributed by atoms with Crippen LogP contribution >= 0.6 is 11.3 Å². The van der Waals surface area contributed by atoms with E-state index in [1.54, 1.807) is 6.07 Å². The predicted molar refractivity (Wildman–Crippen MR) is 90.7 cm³/mol. The van der Waals surface area contributed by atoms with Crippen molar-refractivity contribution >= 4 is 16.5 Å². The molecule has 2 aromatic carbocycles. The fraction of sp³-hybridized carbons (Fsp3) is 0.167. The highest BCUT2D eigenvalue weighted by atomic mass is 32.1. The molecule has 5 heteroatoms. The van der Waals surface area contributed by atoms with Gasteiger partial charge in [0.1, 0.15) is 0 Å². The van der Waals surface area contributed by atoms with E-state index in [4.69, 9.17) is 0 Å². The molecule has 0 unspecified atom stereocenters. The molecule has 0 aliphatic rings. The molecule has 3 aromatic rings. The van der Waals surface area contributed by atoms with Gasteiger partial charge in [0.2, 0.25) is 0 Å². The average Bonchev–Trinajstić information content (AvgIpc) is 2.91. The second kappa shape index (κ2) is 6.46. The van der Waals surface area contributed by atoms with Crippen molar-refractivity contribution in [2.75, 3.05) is 5.32 Å². The van der Waals surface area contributed by atoms with Gasteiger partial charge in [0, 0.05) is 10.4 Å². The number of thiazole rings is 1. The molecule has 2 nitrogen and oxygen atoms in total. The van der Waals surface area contributed by atoms with Crippen molar-refractivity contribution < 1.29 is 8.78 Å². The van der Waals surface area contributed by atoms with Crippen LogP contribution in [0.5, 0.6) is 0 Å². The summed E-state index contributed by atoms with van der Waals surface area (Å²) in [5.41, 5.74) is 2.42. The molecule has 0 saturated carbocycles. The first kappa shape index (κ1) is 15.6. The molecule has 0 fully saturated rings. The highest BCUT2D eigenvalue weighted by molar-refractivity contribution is 7.16. The quantitative estimate of drug-likeness (QED) is 0.676. The summed E-state index contributed by atoms with van der Waals surface area (Å²) in [4.78, 5) is 5.49. The maximum absolute atomic E-state index is 13.4. The third kappa shape index (κ3) is 3.40. The predicted octanol–water partition coefficient (Wildman–Crippen LogP) is 5.57. The molecular weight excluding hydrogens is 314 g/mol. The molecule has 3 rings (SSSR count). The lowest BCUT2D eigenvalue weighted by molar-refractivity contribution is 0.509. The standard InChI is InChI=1S/C18H16F2N2S/c1-11(13-6-4-3-5-7-13)21-18-22-17(12(2)23-18)14-8-9-15(19)16(20)10-14/h3-11H,1-2H3,(H,21,22)/t11-/m1/s1. The maximum Gasteiger partial charge on any atom is 0.183 e. The molecular formula is C18H16F2N2S. The molecule has 118 valence electrons. The van der Waals surface area contributed by atoms with E-state index in [0.717, 1.165) is 21.6 Å². The molecule has 0 amide bonds. The van der Waals surface area contributed by atoms with Crippen molar-refractivity contribution in [3.63, 3.8) is 0 Å². The van der Waals surface area contributed by atoms with E-state index in [1.165, 1.54) is 17.4 Å². The first-order chi connectivity index (χ1) is 11.0. The fourth-order valence-corrected chi connectivity index (χ4v) is 3.30. The summed E-state index contributed by atoms with van der Waals surface area (Å²) in [6, 6.07) is 14.0. The third-order valence-electron chi connectivity index (χ3n) is 3.63. The zero-order valence-corrected chi connectivity index (χ0v) is 13.6. The molecule has 1 aromatic heterocycles. The van der Waals surface area contributed by atoms with Crippen LogP contribution in [0.1, 0.15) is 23.4 Å². The van der Waals surface area contributed by atoms with Crippen molar-refractivity contribution in [2.24, 2.45) is 0 Å². The van der Waals surface area contributed by atoms with Gasteiger partial charge in [-0.1, -0.05) is 30.3 Å². The minimum absolute atomic E-state index is 0.111. The Bertz CT molecular complexity index is 815. The summed E-state index contributed by atoms with van der Waals surface area (Å²) in [6.07, 6.45) is 0. The topological polar surface area (TPSA) is 24.9 Å². The van der Waals surface area contributed by atoms with E-state index < -0.39 is 11.6 Å². The van der Waals surface area contributed by atoms with Crippen LogP contribution < -0.4 is 5.32 Å². The van der Waals surface area contributed by atoms with Gasteiger partial charge in [-0.25, -0.2) is 13.8 Å². The Labute approximate surface area is 137 Å². The molecule has 0 aliphatic carbocycles. The van der Waals surface area contributed by atoms with Crippen molar-refractivity contribution in [3.05, 3.63) is 70.6 Å². The SMILES string of the molecule is Cc1sc(N[C@H](C)c2ccccc2)nc1-c1ccc(F)c(F)c1. The van der Waals surface area contributed by atoms with Crippen molar-refractivity contribution in [3.8, 4) is 11.3 Å². The van der Waals surface area contributed by atoms with Gasteiger partial charge in [-0.2, -0.15) is 0 Å². The number of aromatic nitrogens is 1. The Morgan fingerprint density at radius 1 is 1.04 bits per heavy atom. The Kier molecular flexibility index (Phi) is 4.39. The number of anilines is 1. The summed E-state index contributed by atoms with van der Waals surface area (Å²) in [7, 11) is 0. The zero-order valence-electron chi connectivity index (χ0n) is 12.8. The maximum atomic E-state index is 13.4. The molecule has 0 bridgehead atoms. The summed E-state index contributed by atoms with van der Waals surface area (Å²) in [5, 5.41) is 4.12. The lowest BCUT2D eigenvalue weighted by Gasteiger charge is -2.12. The van der Waals surface area contributed by atoms with Crippen molar-refractivity contribution in [1.29, 1.82) is 0 Å². The van der Waals surface area contributed by atoms with E-state index in [-0.39, 0.29) is 6.04 Å². The van der Waals surface area contributed by atoms with Crippen molar-refractivity contribution in [1.82, 2.24) is 4.98 Å².